The molecule has 9 heteroatoms. The highest BCUT2D eigenvalue weighted by atomic mass is 16.3. The molecule has 0 aliphatic heterocycles. The molecule has 0 amide bonds. The van der Waals surface area contributed by atoms with Gasteiger partial charge in [-0.2, -0.15) is 10.1 Å². The summed E-state index contributed by atoms with van der Waals surface area (Å²) < 4.78 is 3.00. The summed E-state index contributed by atoms with van der Waals surface area (Å²) >= 11 is 0. The Hall–Kier alpha value is -4.66. The molecule has 0 aliphatic rings. The second-order valence-corrected chi connectivity index (χ2v) is 7.62. The van der Waals surface area contributed by atoms with Crippen LogP contribution in [0.3, 0.4) is 0 Å². The molecule has 33 heavy (non-hydrogen) atoms. The van der Waals surface area contributed by atoms with Crippen LogP contribution in [0.1, 0.15) is 11.1 Å². The average molecular weight is 440 g/mol. The number of imidazole rings is 1. The standard InChI is InChI=1S/C24H20N6O3/c1-29-21-20(22(32)27-24(29)33)30(14-17-9-5-8-16-7-2-3-11-19(16)17)23(26-21)28-25-13-15-6-4-10-18(31)12-15/h2-13,31H,14H2,1H3,(H,26,28)(H,27,32,33)/b25-13+. The molecule has 2 aromatic heterocycles. The van der Waals surface area contributed by atoms with Crippen LogP contribution < -0.4 is 16.7 Å². The lowest BCUT2D eigenvalue weighted by Gasteiger charge is -2.11. The molecule has 3 aromatic carbocycles. The summed E-state index contributed by atoms with van der Waals surface area (Å²) in [5.74, 6) is 0.435. The molecule has 0 unspecified atom stereocenters. The van der Waals surface area contributed by atoms with Crippen LogP contribution in [-0.4, -0.2) is 30.4 Å². The summed E-state index contributed by atoms with van der Waals surface area (Å²) in [5, 5.41) is 16.0. The molecule has 0 saturated heterocycles. The maximum Gasteiger partial charge on any atom is 0.329 e. The van der Waals surface area contributed by atoms with Crippen molar-refractivity contribution in [1.82, 2.24) is 19.1 Å². The second-order valence-electron chi connectivity index (χ2n) is 7.62. The van der Waals surface area contributed by atoms with Crippen molar-refractivity contribution in [2.45, 2.75) is 6.54 Å². The van der Waals surface area contributed by atoms with Crippen LogP contribution in [0.2, 0.25) is 0 Å². The SMILES string of the molecule is Cn1c(=O)[nH]c(=O)c2c1nc(N/N=C/c1cccc(O)c1)n2Cc1cccc2ccccc12. The Labute approximate surface area is 187 Å². The van der Waals surface area contributed by atoms with E-state index in [4.69, 9.17) is 0 Å². The van der Waals surface area contributed by atoms with Gasteiger partial charge in [-0.15, -0.1) is 0 Å². The van der Waals surface area contributed by atoms with Gasteiger partial charge >= 0.3 is 5.69 Å². The van der Waals surface area contributed by atoms with Gasteiger partial charge < -0.3 is 5.11 Å². The van der Waals surface area contributed by atoms with Crippen molar-refractivity contribution >= 4 is 34.1 Å². The first-order chi connectivity index (χ1) is 16.0. The van der Waals surface area contributed by atoms with Crippen molar-refractivity contribution in [2.75, 3.05) is 5.43 Å². The Morgan fingerprint density at radius 3 is 2.73 bits per heavy atom. The third-order valence-corrected chi connectivity index (χ3v) is 5.46. The number of anilines is 1. The Balaban J connectivity index is 1.63. The van der Waals surface area contributed by atoms with Gasteiger partial charge in [0, 0.05) is 7.05 Å². The van der Waals surface area contributed by atoms with Gasteiger partial charge in [0.2, 0.25) is 5.95 Å². The van der Waals surface area contributed by atoms with E-state index in [2.05, 4.69) is 20.5 Å². The van der Waals surface area contributed by atoms with Crippen molar-refractivity contribution in [3.63, 3.8) is 0 Å². The maximum absolute atomic E-state index is 12.7. The fourth-order valence-electron chi connectivity index (χ4n) is 3.84. The number of benzene rings is 3. The quantitative estimate of drug-likeness (QED) is 0.287. The molecule has 3 N–H and O–H groups in total. The topological polar surface area (TPSA) is 117 Å². The Morgan fingerprint density at radius 2 is 1.88 bits per heavy atom. The van der Waals surface area contributed by atoms with Crippen LogP contribution in [-0.2, 0) is 13.6 Å². The van der Waals surface area contributed by atoms with Crippen molar-refractivity contribution < 1.29 is 5.11 Å². The second kappa shape index (κ2) is 8.12. The molecule has 0 atom stereocenters. The molecule has 0 saturated carbocycles. The summed E-state index contributed by atoms with van der Waals surface area (Å²) in [6.45, 7) is 0.336. The normalized spacial score (nSPS) is 11.5. The van der Waals surface area contributed by atoms with Crippen LogP contribution in [0.15, 0.2) is 81.4 Å². The number of rotatable bonds is 5. The molecule has 9 nitrogen and oxygen atoms in total. The molecule has 5 rings (SSSR count). The Kier molecular flexibility index (Phi) is 4.98. The lowest BCUT2D eigenvalue weighted by molar-refractivity contribution is 0.475. The largest absolute Gasteiger partial charge is 0.508 e. The van der Waals surface area contributed by atoms with Gasteiger partial charge in [0.1, 0.15) is 5.75 Å². The van der Waals surface area contributed by atoms with Crippen molar-refractivity contribution in [1.29, 1.82) is 0 Å². The number of H-pyrrole nitrogens is 1. The summed E-state index contributed by atoms with van der Waals surface area (Å²) in [6.07, 6.45) is 1.53. The van der Waals surface area contributed by atoms with Crippen molar-refractivity contribution in [3.05, 3.63) is 98.7 Å². The van der Waals surface area contributed by atoms with Crippen molar-refractivity contribution in [2.24, 2.45) is 12.1 Å². The van der Waals surface area contributed by atoms with Crippen LogP contribution >= 0.6 is 0 Å². The minimum absolute atomic E-state index is 0.128. The minimum atomic E-state index is -0.544. The van der Waals surface area contributed by atoms with E-state index in [1.54, 1.807) is 35.9 Å². The number of nitrogens with one attached hydrogen (secondary N) is 2. The van der Waals surface area contributed by atoms with Gasteiger partial charge in [-0.1, -0.05) is 54.6 Å². The van der Waals surface area contributed by atoms with Crippen molar-refractivity contribution in [3.8, 4) is 5.75 Å². The number of aryl methyl sites for hydroxylation is 1. The third kappa shape index (κ3) is 3.76. The van der Waals surface area contributed by atoms with Gasteiger partial charge in [-0.25, -0.2) is 10.2 Å². The van der Waals surface area contributed by atoms with E-state index in [1.807, 2.05) is 42.5 Å². The highest BCUT2D eigenvalue weighted by Gasteiger charge is 2.18. The summed E-state index contributed by atoms with van der Waals surface area (Å²) in [6, 6.07) is 20.6. The average Bonchev–Trinajstić information content (AvgIpc) is 3.17. The Morgan fingerprint density at radius 1 is 1.09 bits per heavy atom. The highest BCUT2D eigenvalue weighted by Crippen LogP contribution is 2.23. The lowest BCUT2D eigenvalue weighted by Crippen LogP contribution is -2.29. The predicted molar refractivity (Wildman–Crippen MR) is 128 cm³/mol. The summed E-state index contributed by atoms with van der Waals surface area (Å²) in [7, 11) is 1.55. The van der Waals surface area contributed by atoms with E-state index >= 15 is 0 Å². The zero-order chi connectivity index (χ0) is 22.9. The molecule has 0 radical (unpaired) electrons. The van der Waals surface area contributed by atoms with Gasteiger partial charge in [0.15, 0.2) is 11.2 Å². The Bertz CT molecular complexity index is 1640. The van der Waals surface area contributed by atoms with Gasteiger partial charge in [0.25, 0.3) is 5.56 Å². The molecule has 5 aromatic rings. The molecular formula is C24H20N6O3. The van der Waals surface area contributed by atoms with Crippen LogP contribution in [0.25, 0.3) is 21.9 Å². The first kappa shape index (κ1) is 20.3. The molecule has 164 valence electrons. The highest BCUT2D eigenvalue weighted by molar-refractivity contribution is 5.86. The zero-order valence-corrected chi connectivity index (χ0v) is 17.7. The molecule has 2 heterocycles. The number of nitrogens with zero attached hydrogens (tertiary/aromatic N) is 4. The summed E-state index contributed by atoms with van der Waals surface area (Å²) in [5.41, 5.74) is 4.00. The smallest absolute Gasteiger partial charge is 0.329 e. The molecule has 0 bridgehead atoms. The third-order valence-electron chi connectivity index (χ3n) is 5.46. The van der Waals surface area contributed by atoms with Gasteiger partial charge in [0.05, 0.1) is 12.8 Å². The molecule has 0 fully saturated rings. The zero-order valence-electron chi connectivity index (χ0n) is 17.7. The number of aromatic hydroxyl groups is 1. The van der Waals surface area contributed by atoms with E-state index < -0.39 is 11.2 Å². The van der Waals surface area contributed by atoms with Crippen LogP contribution in [0.4, 0.5) is 5.95 Å². The number of hydrogen-bond donors (Lipinski definition) is 3. The van der Waals surface area contributed by atoms with E-state index in [9.17, 15) is 14.7 Å². The first-order valence-corrected chi connectivity index (χ1v) is 10.3. The lowest BCUT2D eigenvalue weighted by atomic mass is 10.0. The number of phenols is 1. The fraction of sp³-hybridized carbons (Fsp3) is 0.0833. The number of aromatic nitrogens is 4. The molecule has 0 aliphatic carbocycles. The first-order valence-electron chi connectivity index (χ1n) is 10.3. The van der Waals surface area contributed by atoms with E-state index in [0.29, 0.717) is 18.1 Å². The fourth-order valence-corrected chi connectivity index (χ4v) is 3.84. The van der Waals surface area contributed by atoms with E-state index in [0.717, 1.165) is 16.3 Å². The number of hydrogen-bond acceptors (Lipinski definition) is 6. The van der Waals surface area contributed by atoms with E-state index in [1.165, 1.54) is 10.8 Å². The molecular weight excluding hydrogens is 420 g/mol. The number of aromatic amines is 1. The maximum atomic E-state index is 12.7. The van der Waals surface area contributed by atoms with Gasteiger partial charge in [-0.3, -0.25) is 18.9 Å². The monoisotopic (exact) mass is 440 g/mol. The van der Waals surface area contributed by atoms with E-state index in [-0.39, 0.29) is 16.9 Å². The number of hydrazone groups is 1. The summed E-state index contributed by atoms with van der Waals surface area (Å²) in [4.78, 5) is 31.7. The minimum Gasteiger partial charge on any atom is -0.508 e. The van der Waals surface area contributed by atoms with Crippen LogP contribution in [0.5, 0.6) is 5.75 Å². The molecule has 0 spiro atoms. The number of phenolic OH excluding ortho intramolecular Hbond substituents is 1. The number of fused-ring (bicyclic) bond motifs is 2. The predicted octanol–water partition coefficient (Wildman–Crippen LogP) is 2.78. The van der Waals surface area contributed by atoms with Crippen LogP contribution in [0, 0.1) is 0 Å². The van der Waals surface area contributed by atoms with Gasteiger partial charge in [-0.05, 0) is 34.0 Å².